The van der Waals surface area contributed by atoms with Crippen molar-refractivity contribution in [2.75, 3.05) is 0 Å². The molecule has 0 saturated carbocycles. The van der Waals surface area contributed by atoms with Gasteiger partial charge < -0.3 is 10.8 Å². The highest BCUT2D eigenvalue weighted by Gasteiger charge is 2.13. The predicted molar refractivity (Wildman–Crippen MR) is 46.7 cm³/mol. The van der Waals surface area contributed by atoms with E-state index in [2.05, 4.69) is 0 Å². The fourth-order valence-corrected chi connectivity index (χ4v) is 0.910. The summed E-state index contributed by atoms with van der Waals surface area (Å²) in [5, 5.41) is 8.67. The summed E-state index contributed by atoms with van der Waals surface area (Å²) in [6.07, 6.45) is -1.54. The molecule has 7 nitrogen and oxygen atoms in total. The van der Waals surface area contributed by atoms with Crippen LogP contribution in [0.1, 0.15) is 11.2 Å². The summed E-state index contributed by atoms with van der Waals surface area (Å²) in [6, 6.07) is 0. The lowest BCUT2D eigenvalue weighted by atomic mass is 10.3. The van der Waals surface area contributed by atoms with Crippen LogP contribution < -0.4 is 17.0 Å². The quantitative estimate of drug-likeness (QED) is 0.494. The molecule has 0 aliphatic heterocycles. The average molecular weight is 217 g/mol. The lowest BCUT2D eigenvalue weighted by Crippen LogP contribution is -2.37. The Balaban J connectivity index is 3.16. The molecule has 0 saturated heterocycles. The first-order valence-electron chi connectivity index (χ1n) is 3.90. The second-order valence-corrected chi connectivity index (χ2v) is 2.77. The van der Waals surface area contributed by atoms with Crippen molar-refractivity contribution in [3.05, 3.63) is 32.9 Å². The molecule has 1 aromatic heterocycles. The molecule has 0 amide bonds. The highest BCUT2D eigenvalue weighted by Crippen LogP contribution is 1.90. The number of aromatic amines is 1. The van der Waals surface area contributed by atoms with E-state index in [9.17, 15) is 18.8 Å². The lowest BCUT2D eigenvalue weighted by Gasteiger charge is -2.04. The molecule has 1 atom stereocenters. The van der Waals surface area contributed by atoms with Gasteiger partial charge in [-0.1, -0.05) is 0 Å². The predicted octanol–water partition coefficient (Wildman–Crippen LogP) is -2.02. The summed E-state index contributed by atoms with van der Waals surface area (Å²) < 4.78 is 13.0. The van der Waals surface area contributed by atoms with Crippen LogP contribution in [0.3, 0.4) is 0 Å². The second-order valence-electron chi connectivity index (χ2n) is 2.77. The van der Waals surface area contributed by atoms with Crippen molar-refractivity contribution in [2.24, 2.45) is 5.73 Å². The standard InChI is InChI=1S/C7H8FN3O4/c8-3-2-11(5(13)1-4(9)12)7(15)10-6(3)14/h2,4,12H,1,9H2,(H,10,14,15). The summed E-state index contributed by atoms with van der Waals surface area (Å²) in [7, 11) is 0. The van der Waals surface area contributed by atoms with E-state index in [0.29, 0.717) is 10.8 Å². The minimum absolute atomic E-state index is 0.340. The summed E-state index contributed by atoms with van der Waals surface area (Å²) in [4.78, 5) is 34.4. The van der Waals surface area contributed by atoms with Crippen molar-refractivity contribution in [1.29, 1.82) is 0 Å². The van der Waals surface area contributed by atoms with Gasteiger partial charge in [-0.2, -0.15) is 4.39 Å². The van der Waals surface area contributed by atoms with Crippen LogP contribution in [0, 0.1) is 5.82 Å². The zero-order chi connectivity index (χ0) is 11.6. The van der Waals surface area contributed by atoms with Crippen molar-refractivity contribution in [1.82, 2.24) is 9.55 Å². The molecular weight excluding hydrogens is 209 g/mol. The third-order valence-electron chi connectivity index (χ3n) is 1.55. The molecule has 82 valence electrons. The Kier molecular flexibility index (Phi) is 3.12. The van der Waals surface area contributed by atoms with Crippen LogP contribution >= 0.6 is 0 Å². The van der Waals surface area contributed by atoms with Gasteiger partial charge in [-0.05, 0) is 0 Å². The number of aliphatic hydroxyl groups is 1. The Labute approximate surface area is 82.0 Å². The van der Waals surface area contributed by atoms with Gasteiger partial charge in [0.2, 0.25) is 11.7 Å². The van der Waals surface area contributed by atoms with Crippen LogP contribution in [-0.2, 0) is 0 Å². The van der Waals surface area contributed by atoms with Crippen LogP contribution in [-0.4, -0.2) is 26.8 Å². The normalized spacial score (nSPS) is 12.5. The molecule has 1 rings (SSSR count). The Hall–Kier alpha value is -1.80. The number of carbonyl (C=O) groups is 1. The summed E-state index contributed by atoms with van der Waals surface area (Å²) in [5.74, 6) is -2.18. The van der Waals surface area contributed by atoms with Crippen molar-refractivity contribution in [3.63, 3.8) is 0 Å². The SMILES string of the molecule is NC(O)CC(=O)n1cc(F)c(=O)[nH]c1=O. The van der Waals surface area contributed by atoms with Crippen LogP contribution in [0.5, 0.6) is 0 Å². The van der Waals surface area contributed by atoms with Crippen molar-refractivity contribution in [2.45, 2.75) is 12.6 Å². The average Bonchev–Trinajstić information content (AvgIpc) is 2.09. The first-order valence-corrected chi connectivity index (χ1v) is 3.90. The van der Waals surface area contributed by atoms with E-state index in [4.69, 9.17) is 10.8 Å². The first kappa shape index (κ1) is 11.3. The van der Waals surface area contributed by atoms with Gasteiger partial charge in [0.1, 0.15) is 6.23 Å². The van der Waals surface area contributed by atoms with Crippen LogP contribution in [0.15, 0.2) is 15.8 Å². The maximum atomic E-state index is 12.7. The zero-order valence-corrected chi connectivity index (χ0v) is 7.44. The van der Waals surface area contributed by atoms with Gasteiger partial charge in [0.15, 0.2) is 0 Å². The molecule has 1 aromatic rings. The fourth-order valence-electron chi connectivity index (χ4n) is 0.910. The molecule has 0 aliphatic rings. The monoisotopic (exact) mass is 217 g/mol. The summed E-state index contributed by atoms with van der Waals surface area (Å²) in [6.45, 7) is 0. The maximum Gasteiger partial charge on any atom is 0.335 e. The zero-order valence-electron chi connectivity index (χ0n) is 7.44. The smallest absolute Gasteiger partial charge is 0.335 e. The second kappa shape index (κ2) is 4.15. The van der Waals surface area contributed by atoms with Crippen molar-refractivity contribution >= 4 is 5.91 Å². The van der Waals surface area contributed by atoms with Crippen LogP contribution in [0.2, 0.25) is 0 Å². The molecule has 4 N–H and O–H groups in total. The molecule has 1 unspecified atom stereocenters. The maximum absolute atomic E-state index is 12.7. The number of halogens is 1. The number of hydrogen-bond donors (Lipinski definition) is 3. The summed E-state index contributed by atoms with van der Waals surface area (Å²) >= 11 is 0. The van der Waals surface area contributed by atoms with E-state index in [1.54, 1.807) is 4.98 Å². The molecule has 15 heavy (non-hydrogen) atoms. The van der Waals surface area contributed by atoms with E-state index < -0.39 is 35.6 Å². The van der Waals surface area contributed by atoms with Gasteiger partial charge in [0.05, 0.1) is 12.6 Å². The van der Waals surface area contributed by atoms with E-state index in [1.807, 2.05) is 0 Å². The van der Waals surface area contributed by atoms with Gasteiger partial charge in [0, 0.05) is 0 Å². The minimum atomic E-state index is -1.45. The third-order valence-corrected chi connectivity index (χ3v) is 1.55. The topological polar surface area (TPSA) is 118 Å². The number of carbonyl (C=O) groups excluding carboxylic acids is 1. The molecule has 0 fully saturated rings. The number of nitrogens with two attached hydrogens (primary N) is 1. The summed E-state index contributed by atoms with van der Waals surface area (Å²) in [5.41, 5.74) is 2.61. The molecule has 0 aliphatic carbocycles. The van der Waals surface area contributed by atoms with E-state index in [-0.39, 0.29) is 0 Å². The van der Waals surface area contributed by atoms with Crippen LogP contribution in [0.25, 0.3) is 0 Å². The molecule has 1 heterocycles. The number of H-pyrrole nitrogens is 1. The van der Waals surface area contributed by atoms with Gasteiger partial charge >= 0.3 is 5.69 Å². The van der Waals surface area contributed by atoms with E-state index in [1.165, 1.54) is 0 Å². The number of nitrogens with one attached hydrogen (secondary N) is 1. The van der Waals surface area contributed by atoms with Gasteiger partial charge in [-0.25, -0.2) is 9.36 Å². The fraction of sp³-hybridized carbons (Fsp3) is 0.286. The third kappa shape index (κ3) is 2.58. The molecule has 0 aromatic carbocycles. The van der Waals surface area contributed by atoms with E-state index in [0.717, 1.165) is 0 Å². The molecule has 0 radical (unpaired) electrons. The van der Waals surface area contributed by atoms with Crippen molar-refractivity contribution in [3.8, 4) is 0 Å². The molecule has 0 spiro atoms. The number of aliphatic hydroxyl groups excluding tert-OH is 1. The van der Waals surface area contributed by atoms with Gasteiger partial charge in [-0.3, -0.25) is 14.6 Å². The Morgan fingerprint density at radius 2 is 2.27 bits per heavy atom. The highest BCUT2D eigenvalue weighted by atomic mass is 19.1. The first-order chi connectivity index (χ1) is 6.91. The van der Waals surface area contributed by atoms with E-state index >= 15 is 0 Å². The number of aromatic nitrogens is 2. The van der Waals surface area contributed by atoms with Gasteiger partial charge in [-0.15, -0.1) is 0 Å². The Bertz CT molecular complexity index is 490. The number of hydrogen-bond acceptors (Lipinski definition) is 5. The number of rotatable bonds is 2. The lowest BCUT2D eigenvalue weighted by molar-refractivity contribution is 0.0799. The molecule has 0 bridgehead atoms. The minimum Gasteiger partial charge on any atom is -0.378 e. The Morgan fingerprint density at radius 3 is 2.80 bits per heavy atom. The Morgan fingerprint density at radius 1 is 1.67 bits per heavy atom. The molecular formula is C7H8FN3O4. The number of nitrogens with zero attached hydrogens (tertiary/aromatic N) is 1. The van der Waals surface area contributed by atoms with Crippen molar-refractivity contribution < 1.29 is 14.3 Å². The molecule has 8 heteroatoms. The van der Waals surface area contributed by atoms with Crippen LogP contribution in [0.4, 0.5) is 4.39 Å². The largest absolute Gasteiger partial charge is 0.378 e. The highest BCUT2D eigenvalue weighted by molar-refractivity contribution is 5.78. The van der Waals surface area contributed by atoms with Gasteiger partial charge in [0.25, 0.3) is 5.56 Å².